The highest BCUT2D eigenvalue weighted by Crippen LogP contribution is 2.32. The molecule has 1 aliphatic rings. The first kappa shape index (κ1) is 21.6. The number of thioether (sulfide) groups is 1. The molecule has 2 aromatic rings. The fraction of sp³-hybridized carbons (Fsp3) is 0.350. The molecule has 0 aliphatic carbocycles. The summed E-state index contributed by atoms with van der Waals surface area (Å²) in [5.41, 5.74) is 1.00. The van der Waals surface area contributed by atoms with Crippen LogP contribution in [0.3, 0.4) is 0 Å². The van der Waals surface area contributed by atoms with E-state index >= 15 is 0 Å². The molecule has 1 heterocycles. The highest BCUT2D eigenvalue weighted by Gasteiger charge is 2.23. The number of benzene rings is 2. The smallest absolute Gasteiger partial charge is 0.289 e. The lowest BCUT2D eigenvalue weighted by Gasteiger charge is -2.27. The van der Waals surface area contributed by atoms with E-state index < -0.39 is 10.2 Å². The van der Waals surface area contributed by atoms with Crippen LogP contribution in [0, 0.1) is 10.1 Å². The van der Waals surface area contributed by atoms with Gasteiger partial charge in [0.2, 0.25) is 5.91 Å². The quantitative estimate of drug-likeness (QED) is 0.498. The number of ether oxygens (including phenoxy) is 1. The average Bonchev–Trinajstić information content (AvgIpc) is 2.73. The SMILES string of the molecule is O=C(Nc1ccc(Cl)c([N+](=O)[O-])c1)C(SCCN1CCOCC1)c1ccccc1. The van der Waals surface area contributed by atoms with E-state index in [1.54, 1.807) is 17.8 Å². The Morgan fingerprint density at radius 2 is 1.97 bits per heavy atom. The van der Waals surface area contributed by atoms with Gasteiger partial charge in [-0.15, -0.1) is 11.8 Å². The van der Waals surface area contributed by atoms with Crippen LogP contribution in [0.5, 0.6) is 0 Å². The minimum absolute atomic E-state index is 0.0347. The van der Waals surface area contributed by atoms with Gasteiger partial charge in [-0.2, -0.15) is 0 Å². The lowest BCUT2D eigenvalue weighted by atomic mass is 10.1. The maximum atomic E-state index is 13.0. The zero-order valence-corrected chi connectivity index (χ0v) is 17.3. The van der Waals surface area contributed by atoms with Crippen LogP contribution in [0.2, 0.25) is 5.02 Å². The second-order valence-electron chi connectivity index (χ2n) is 6.53. The molecule has 1 fully saturated rings. The summed E-state index contributed by atoms with van der Waals surface area (Å²) in [6, 6.07) is 13.8. The summed E-state index contributed by atoms with van der Waals surface area (Å²) in [5, 5.41) is 13.5. The number of nitrogens with zero attached hydrogens (tertiary/aromatic N) is 2. The van der Waals surface area contributed by atoms with Gasteiger partial charge in [0, 0.05) is 37.1 Å². The summed E-state index contributed by atoms with van der Waals surface area (Å²) < 4.78 is 5.37. The van der Waals surface area contributed by atoms with Gasteiger partial charge >= 0.3 is 0 Å². The fourth-order valence-electron chi connectivity index (χ4n) is 3.01. The van der Waals surface area contributed by atoms with E-state index in [1.807, 2.05) is 30.3 Å². The van der Waals surface area contributed by atoms with Crippen molar-refractivity contribution in [3.05, 3.63) is 69.2 Å². The zero-order valence-electron chi connectivity index (χ0n) is 15.8. The van der Waals surface area contributed by atoms with Crippen LogP contribution < -0.4 is 5.32 Å². The van der Waals surface area contributed by atoms with Gasteiger partial charge < -0.3 is 10.1 Å². The number of hydrogen-bond acceptors (Lipinski definition) is 6. The third-order valence-corrected chi connectivity index (χ3v) is 6.10. The van der Waals surface area contributed by atoms with Crippen molar-refractivity contribution >= 4 is 40.6 Å². The van der Waals surface area contributed by atoms with Crippen LogP contribution in [0.1, 0.15) is 10.8 Å². The van der Waals surface area contributed by atoms with Crippen LogP contribution in [0.15, 0.2) is 48.5 Å². The van der Waals surface area contributed by atoms with Crippen molar-refractivity contribution in [2.24, 2.45) is 0 Å². The first-order valence-corrected chi connectivity index (χ1v) is 10.7. The number of carbonyl (C=O) groups is 1. The summed E-state index contributed by atoms with van der Waals surface area (Å²) in [4.78, 5) is 25.8. The van der Waals surface area contributed by atoms with Gasteiger partial charge in [-0.05, 0) is 17.7 Å². The van der Waals surface area contributed by atoms with Crippen LogP contribution in [-0.4, -0.2) is 54.3 Å². The van der Waals surface area contributed by atoms with E-state index in [-0.39, 0.29) is 16.6 Å². The van der Waals surface area contributed by atoms with Gasteiger partial charge in [0.25, 0.3) is 5.69 Å². The third kappa shape index (κ3) is 6.17. The summed E-state index contributed by atoms with van der Waals surface area (Å²) >= 11 is 7.41. The van der Waals surface area contributed by atoms with Crippen molar-refractivity contribution in [1.82, 2.24) is 4.90 Å². The lowest BCUT2D eigenvalue weighted by Crippen LogP contribution is -2.37. The molecule has 29 heavy (non-hydrogen) atoms. The average molecular weight is 436 g/mol. The van der Waals surface area contributed by atoms with Gasteiger partial charge in [0.05, 0.1) is 18.1 Å². The number of rotatable bonds is 8. The predicted molar refractivity (Wildman–Crippen MR) is 116 cm³/mol. The number of nitro benzene ring substituents is 1. The summed E-state index contributed by atoms with van der Waals surface area (Å²) in [7, 11) is 0. The minimum Gasteiger partial charge on any atom is -0.379 e. The third-order valence-electron chi connectivity index (χ3n) is 4.55. The number of morpholine rings is 1. The molecule has 154 valence electrons. The predicted octanol–water partition coefficient (Wildman–Crippen LogP) is 3.99. The van der Waals surface area contributed by atoms with Crippen LogP contribution in [0.25, 0.3) is 0 Å². The van der Waals surface area contributed by atoms with Gasteiger partial charge in [-0.25, -0.2) is 0 Å². The molecule has 1 N–H and O–H groups in total. The highest BCUT2D eigenvalue weighted by atomic mass is 35.5. The van der Waals surface area contributed by atoms with Crippen molar-refractivity contribution in [1.29, 1.82) is 0 Å². The molecule has 0 saturated carbocycles. The van der Waals surface area contributed by atoms with Crippen molar-refractivity contribution in [2.75, 3.05) is 43.9 Å². The Morgan fingerprint density at radius 1 is 1.24 bits per heavy atom. The Morgan fingerprint density at radius 3 is 2.66 bits per heavy atom. The molecule has 3 rings (SSSR count). The van der Waals surface area contributed by atoms with Crippen molar-refractivity contribution in [3.8, 4) is 0 Å². The minimum atomic E-state index is -0.566. The molecule has 1 saturated heterocycles. The molecule has 0 aromatic heterocycles. The summed E-state index contributed by atoms with van der Waals surface area (Å²) in [6.45, 7) is 4.15. The molecule has 1 atom stereocenters. The Hall–Kier alpha value is -2.13. The van der Waals surface area contributed by atoms with E-state index in [0.717, 1.165) is 44.2 Å². The molecule has 2 aromatic carbocycles. The largest absolute Gasteiger partial charge is 0.379 e. The van der Waals surface area contributed by atoms with Gasteiger partial charge in [0.1, 0.15) is 10.3 Å². The van der Waals surface area contributed by atoms with Gasteiger partial charge in [-0.1, -0.05) is 41.9 Å². The Labute approximate surface area is 178 Å². The number of anilines is 1. The normalized spacial score (nSPS) is 15.6. The molecular formula is C20H22ClN3O4S. The fourth-order valence-corrected chi connectivity index (χ4v) is 4.36. The topological polar surface area (TPSA) is 84.7 Å². The Kier molecular flexibility index (Phi) is 7.88. The Bertz CT molecular complexity index is 847. The number of hydrogen-bond donors (Lipinski definition) is 1. The second-order valence-corrected chi connectivity index (χ2v) is 8.15. The van der Waals surface area contributed by atoms with Gasteiger partial charge in [0.15, 0.2) is 0 Å². The number of halogens is 1. The van der Waals surface area contributed by atoms with Crippen molar-refractivity contribution < 1.29 is 14.5 Å². The van der Waals surface area contributed by atoms with Crippen molar-refractivity contribution in [2.45, 2.75) is 5.25 Å². The molecule has 1 amide bonds. The number of nitrogens with one attached hydrogen (secondary N) is 1. The molecule has 1 unspecified atom stereocenters. The standard InChI is InChI=1S/C20H22ClN3O4S/c21-17-7-6-16(14-18(17)24(26)27)22-20(25)19(15-4-2-1-3-5-15)29-13-10-23-8-11-28-12-9-23/h1-7,14,19H,8-13H2,(H,22,25). The molecule has 1 aliphatic heterocycles. The molecular weight excluding hydrogens is 414 g/mol. The van der Waals surface area contributed by atoms with Crippen LogP contribution >= 0.6 is 23.4 Å². The Balaban J connectivity index is 1.69. The van der Waals surface area contributed by atoms with E-state index in [1.165, 1.54) is 12.1 Å². The van der Waals surface area contributed by atoms with E-state index in [4.69, 9.17) is 16.3 Å². The molecule has 9 heteroatoms. The molecule has 0 bridgehead atoms. The molecule has 0 spiro atoms. The van der Waals surface area contributed by atoms with E-state index in [9.17, 15) is 14.9 Å². The van der Waals surface area contributed by atoms with Crippen molar-refractivity contribution in [3.63, 3.8) is 0 Å². The summed E-state index contributed by atoms with van der Waals surface area (Å²) in [6.07, 6.45) is 0. The lowest BCUT2D eigenvalue weighted by molar-refractivity contribution is -0.384. The first-order chi connectivity index (χ1) is 14.0. The van der Waals surface area contributed by atoms with E-state index in [0.29, 0.717) is 5.69 Å². The number of carbonyl (C=O) groups excluding carboxylic acids is 1. The first-order valence-electron chi connectivity index (χ1n) is 9.26. The number of nitro groups is 1. The maximum absolute atomic E-state index is 13.0. The van der Waals surface area contributed by atoms with Crippen LogP contribution in [0.4, 0.5) is 11.4 Å². The zero-order chi connectivity index (χ0) is 20.6. The van der Waals surface area contributed by atoms with Gasteiger partial charge in [-0.3, -0.25) is 19.8 Å². The maximum Gasteiger partial charge on any atom is 0.289 e. The highest BCUT2D eigenvalue weighted by molar-refractivity contribution is 8.00. The number of amides is 1. The second kappa shape index (κ2) is 10.6. The van der Waals surface area contributed by atoms with E-state index in [2.05, 4.69) is 10.2 Å². The summed E-state index contributed by atoms with van der Waals surface area (Å²) in [5.74, 6) is 0.563. The monoisotopic (exact) mass is 435 g/mol. The molecule has 0 radical (unpaired) electrons. The van der Waals surface area contributed by atoms with Crippen LogP contribution in [-0.2, 0) is 9.53 Å². The molecule has 7 nitrogen and oxygen atoms in total.